The SMILES string of the molecule is CC(O)Cc1cnc(C2CCCCC2)s1. The summed E-state index contributed by atoms with van der Waals surface area (Å²) in [4.78, 5) is 5.73. The molecule has 2 rings (SSSR count). The first-order chi connectivity index (χ1) is 7.25. The zero-order valence-electron chi connectivity index (χ0n) is 9.28. The van der Waals surface area contributed by atoms with E-state index in [-0.39, 0.29) is 6.10 Å². The lowest BCUT2D eigenvalue weighted by Crippen LogP contribution is -2.03. The van der Waals surface area contributed by atoms with Crippen LogP contribution in [0, 0.1) is 0 Å². The van der Waals surface area contributed by atoms with Gasteiger partial charge in [0.15, 0.2) is 0 Å². The molecule has 2 nitrogen and oxygen atoms in total. The molecule has 15 heavy (non-hydrogen) atoms. The van der Waals surface area contributed by atoms with E-state index in [0.29, 0.717) is 5.92 Å². The molecule has 0 aliphatic heterocycles. The third-order valence-corrected chi connectivity index (χ3v) is 4.20. The van der Waals surface area contributed by atoms with Crippen molar-refractivity contribution in [3.63, 3.8) is 0 Å². The van der Waals surface area contributed by atoms with Crippen LogP contribution in [0.1, 0.15) is 54.8 Å². The summed E-state index contributed by atoms with van der Waals surface area (Å²) >= 11 is 1.80. The van der Waals surface area contributed by atoms with Gasteiger partial charge in [0.05, 0.1) is 11.1 Å². The summed E-state index contributed by atoms with van der Waals surface area (Å²) in [7, 11) is 0. The molecule has 1 saturated carbocycles. The number of aromatic nitrogens is 1. The van der Waals surface area contributed by atoms with Gasteiger partial charge in [-0.2, -0.15) is 0 Å². The topological polar surface area (TPSA) is 33.1 Å². The molecule has 1 aliphatic rings. The van der Waals surface area contributed by atoms with Gasteiger partial charge in [0.1, 0.15) is 0 Å². The van der Waals surface area contributed by atoms with Gasteiger partial charge < -0.3 is 5.11 Å². The fourth-order valence-corrected chi connectivity index (χ4v) is 3.45. The van der Waals surface area contributed by atoms with Crippen molar-refractivity contribution in [2.75, 3.05) is 0 Å². The number of aliphatic hydroxyl groups excluding tert-OH is 1. The van der Waals surface area contributed by atoms with E-state index in [1.54, 1.807) is 11.3 Å². The second-order valence-corrected chi connectivity index (χ2v) is 5.70. The van der Waals surface area contributed by atoms with E-state index in [4.69, 9.17) is 0 Å². The van der Waals surface area contributed by atoms with Crippen molar-refractivity contribution in [3.8, 4) is 0 Å². The molecule has 0 spiro atoms. The van der Waals surface area contributed by atoms with Crippen molar-refractivity contribution >= 4 is 11.3 Å². The molecule has 0 saturated heterocycles. The normalized spacial score (nSPS) is 20.4. The van der Waals surface area contributed by atoms with Crippen LogP contribution in [0.5, 0.6) is 0 Å². The smallest absolute Gasteiger partial charge is 0.0958 e. The van der Waals surface area contributed by atoms with Crippen LogP contribution in [0.15, 0.2) is 6.20 Å². The lowest BCUT2D eigenvalue weighted by atomic mass is 9.90. The van der Waals surface area contributed by atoms with Crippen molar-refractivity contribution in [3.05, 3.63) is 16.1 Å². The zero-order chi connectivity index (χ0) is 10.7. The molecule has 0 amide bonds. The summed E-state index contributed by atoms with van der Waals surface area (Å²) in [5.74, 6) is 0.700. The molecule has 0 radical (unpaired) electrons. The maximum Gasteiger partial charge on any atom is 0.0958 e. The zero-order valence-corrected chi connectivity index (χ0v) is 10.1. The predicted octanol–water partition coefficient (Wildman–Crippen LogP) is 3.11. The molecule has 1 unspecified atom stereocenters. The average Bonchev–Trinajstić information content (AvgIpc) is 2.67. The monoisotopic (exact) mass is 225 g/mol. The predicted molar refractivity (Wildman–Crippen MR) is 63.3 cm³/mol. The standard InChI is InChI=1S/C12H19NOS/c1-9(14)7-11-8-13-12(15-11)10-5-3-2-4-6-10/h8-10,14H,2-7H2,1H3. The van der Waals surface area contributed by atoms with E-state index >= 15 is 0 Å². The molecule has 1 N–H and O–H groups in total. The van der Waals surface area contributed by atoms with E-state index in [1.165, 1.54) is 42.0 Å². The summed E-state index contributed by atoms with van der Waals surface area (Å²) in [5.41, 5.74) is 0. The number of hydrogen-bond donors (Lipinski definition) is 1. The molecule has 84 valence electrons. The third kappa shape index (κ3) is 3.02. The van der Waals surface area contributed by atoms with Crippen LogP contribution in [0.2, 0.25) is 0 Å². The Bertz CT molecular complexity index is 302. The largest absolute Gasteiger partial charge is 0.393 e. The number of nitrogens with zero attached hydrogens (tertiary/aromatic N) is 1. The van der Waals surface area contributed by atoms with Crippen LogP contribution in [0.3, 0.4) is 0 Å². The van der Waals surface area contributed by atoms with Gasteiger partial charge in [0, 0.05) is 23.4 Å². The van der Waals surface area contributed by atoms with Crippen LogP contribution >= 0.6 is 11.3 Å². The van der Waals surface area contributed by atoms with E-state index in [0.717, 1.165) is 6.42 Å². The van der Waals surface area contributed by atoms with Gasteiger partial charge in [0.25, 0.3) is 0 Å². The first kappa shape index (κ1) is 11.1. The summed E-state index contributed by atoms with van der Waals surface area (Å²) in [6.45, 7) is 1.83. The van der Waals surface area contributed by atoms with E-state index in [2.05, 4.69) is 4.98 Å². The number of thiazole rings is 1. The molecule has 1 atom stereocenters. The summed E-state index contributed by atoms with van der Waals surface area (Å²) < 4.78 is 0. The molecule has 1 fully saturated rings. The van der Waals surface area contributed by atoms with Crippen LogP contribution in [0.25, 0.3) is 0 Å². The summed E-state index contributed by atoms with van der Waals surface area (Å²) in [6, 6.07) is 0. The lowest BCUT2D eigenvalue weighted by Gasteiger charge is -2.18. The molecule has 0 bridgehead atoms. The molecule has 0 aromatic carbocycles. The lowest BCUT2D eigenvalue weighted by molar-refractivity contribution is 0.196. The quantitative estimate of drug-likeness (QED) is 0.857. The van der Waals surface area contributed by atoms with E-state index in [9.17, 15) is 5.11 Å². The minimum Gasteiger partial charge on any atom is -0.393 e. The molecular formula is C12H19NOS. The minimum absolute atomic E-state index is 0.246. The number of rotatable bonds is 3. The van der Waals surface area contributed by atoms with Crippen LogP contribution in [-0.2, 0) is 6.42 Å². The molecular weight excluding hydrogens is 206 g/mol. The Hall–Kier alpha value is -0.410. The highest BCUT2D eigenvalue weighted by molar-refractivity contribution is 7.11. The highest BCUT2D eigenvalue weighted by Gasteiger charge is 2.18. The molecule has 1 aromatic heterocycles. The fraction of sp³-hybridized carbons (Fsp3) is 0.750. The van der Waals surface area contributed by atoms with E-state index in [1.807, 2.05) is 13.1 Å². The van der Waals surface area contributed by atoms with Gasteiger partial charge >= 0.3 is 0 Å². The summed E-state index contributed by atoms with van der Waals surface area (Å²) in [5, 5.41) is 10.6. The van der Waals surface area contributed by atoms with Gasteiger partial charge in [-0.15, -0.1) is 11.3 Å². The Kier molecular flexibility index (Phi) is 3.76. The number of aliphatic hydroxyl groups is 1. The maximum atomic E-state index is 9.30. The molecule has 1 heterocycles. The van der Waals surface area contributed by atoms with Crippen molar-refractivity contribution < 1.29 is 5.11 Å². The highest BCUT2D eigenvalue weighted by atomic mass is 32.1. The first-order valence-electron chi connectivity index (χ1n) is 5.88. The van der Waals surface area contributed by atoms with Crippen molar-refractivity contribution in [2.24, 2.45) is 0 Å². The first-order valence-corrected chi connectivity index (χ1v) is 6.70. The third-order valence-electron chi connectivity index (χ3n) is 3.02. The van der Waals surface area contributed by atoms with Crippen LogP contribution < -0.4 is 0 Å². The summed E-state index contributed by atoms with van der Waals surface area (Å²) in [6.07, 6.45) is 9.17. The van der Waals surface area contributed by atoms with Gasteiger partial charge in [-0.05, 0) is 19.8 Å². The Morgan fingerprint density at radius 2 is 2.20 bits per heavy atom. The Labute approximate surface area is 95.4 Å². The second-order valence-electron chi connectivity index (χ2n) is 4.55. The molecule has 3 heteroatoms. The average molecular weight is 225 g/mol. The Morgan fingerprint density at radius 1 is 1.47 bits per heavy atom. The van der Waals surface area contributed by atoms with Crippen molar-refractivity contribution in [1.82, 2.24) is 4.98 Å². The molecule has 1 aromatic rings. The van der Waals surface area contributed by atoms with E-state index < -0.39 is 0 Å². The minimum atomic E-state index is -0.246. The Morgan fingerprint density at radius 3 is 2.87 bits per heavy atom. The maximum absolute atomic E-state index is 9.30. The van der Waals surface area contributed by atoms with Crippen LogP contribution in [-0.4, -0.2) is 16.2 Å². The molecule has 1 aliphatic carbocycles. The van der Waals surface area contributed by atoms with Gasteiger partial charge in [-0.25, -0.2) is 4.98 Å². The van der Waals surface area contributed by atoms with Gasteiger partial charge in [-0.3, -0.25) is 0 Å². The van der Waals surface area contributed by atoms with Crippen molar-refractivity contribution in [2.45, 2.75) is 57.5 Å². The highest BCUT2D eigenvalue weighted by Crippen LogP contribution is 2.34. The second kappa shape index (κ2) is 5.08. The van der Waals surface area contributed by atoms with Crippen LogP contribution in [0.4, 0.5) is 0 Å². The van der Waals surface area contributed by atoms with Crippen molar-refractivity contribution in [1.29, 1.82) is 0 Å². The van der Waals surface area contributed by atoms with Gasteiger partial charge in [0.2, 0.25) is 0 Å². The Balaban J connectivity index is 1.99. The fourth-order valence-electron chi connectivity index (χ4n) is 2.25. The van der Waals surface area contributed by atoms with Gasteiger partial charge in [-0.1, -0.05) is 19.3 Å². The number of hydrogen-bond acceptors (Lipinski definition) is 3.